The number of aliphatic hydroxyl groups is 1. The summed E-state index contributed by atoms with van der Waals surface area (Å²) in [6.45, 7) is 3.57. The molecule has 0 saturated heterocycles. The topological polar surface area (TPSA) is 58.6 Å². The van der Waals surface area contributed by atoms with Crippen LogP contribution < -0.4 is 10.1 Å². The van der Waals surface area contributed by atoms with E-state index in [1.165, 1.54) is 24.3 Å². The molecule has 2 aromatic carbocycles. The van der Waals surface area contributed by atoms with E-state index in [0.717, 1.165) is 11.3 Å². The fourth-order valence-electron chi connectivity index (χ4n) is 2.60. The molecule has 134 valence electrons. The maximum absolute atomic E-state index is 13.0. The van der Waals surface area contributed by atoms with Crippen molar-refractivity contribution in [3.05, 3.63) is 65.5 Å². The van der Waals surface area contributed by atoms with E-state index < -0.39 is 12.1 Å². The third kappa shape index (κ3) is 5.29. The predicted octanol–water partition coefficient (Wildman–Crippen LogP) is 3.25. The molecule has 0 aliphatic heterocycles. The number of hydrogen-bond donors (Lipinski definition) is 2. The van der Waals surface area contributed by atoms with Crippen molar-refractivity contribution in [2.75, 3.05) is 7.11 Å². The molecule has 2 N–H and O–H groups in total. The zero-order valence-corrected chi connectivity index (χ0v) is 14.7. The van der Waals surface area contributed by atoms with Gasteiger partial charge in [0.25, 0.3) is 0 Å². The highest BCUT2D eigenvalue weighted by atomic mass is 19.1. The Labute approximate surface area is 147 Å². The van der Waals surface area contributed by atoms with Crippen LogP contribution in [0.15, 0.2) is 48.5 Å². The zero-order valence-electron chi connectivity index (χ0n) is 14.7. The zero-order chi connectivity index (χ0) is 18.4. The molecule has 1 amide bonds. The first-order chi connectivity index (χ1) is 11.9. The second-order valence-electron chi connectivity index (χ2n) is 6.25. The summed E-state index contributed by atoms with van der Waals surface area (Å²) in [5, 5.41) is 13.1. The van der Waals surface area contributed by atoms with Crippen LogP contribution in [0.3, 0.4) is 0 Å². The minimum Gasteiger partial charge on any atom is -0.497 e. The Bertz CT molecular complexity index is 685. The largest absolute Gasteiger partial charge is 0.497 e. The summed E-state index contributed by atoms with van der Waals surface area (Å²) in [6, 6.07) is 12.7. The van der Waals surface area contributed by atoms with Crippen molar-refractivity contribution in [2.45, 2.75) is 32.4 Å². The molecule has 0 bridgehead atoms. The summed E-state index contributed by atoms with van der Waals surface area (Å²) in [7, 11) is 1.61. The first-order valence-corrected chi connectivity index (χ1v) is 8.27. The number of nitrogens with one attached hydrogen (secondary N) is 1. The molecule has 0 aromatic heterocycles. The summed E-state index contributed by atoms with van der Waals surface area (Å²) >= 11 is 0. The Morgan fingerprint density at radius 1 is 1.12 bits per heavy atom. The van der Waals surface area contributed by atoms with Crippen molar-refractivity contribution in [1.29, 1.82) is 0 Å². The Morgan fingerprint density at radius 2 is 1.72 bits per heavy atom. The lowest BCUT2D eigenvalue weighted by atomic mass is 9.98. The van der Waals surface area contributed by atoms with Gasteiger partial charge in [0.05, 0.1) is 19.3 Å². The van der Waals surface area contributed by atoms with Gasteiger partial charge in [-0.05, 0) is 48.7 Å². The van der Waals surface area contributed by atoms with Gasteiger partial charge in [0, 0.05) is 5.92 Å². The monoisotopic (exact) mass is 345 g/mol. The van der Waals surface area contributed by atoms with Crippen molar-refractivity contribution in [1.82, 2.24) is 5.32 Å². The van der Waals surface area contributed by atoms with E-state index >= 15 is 0 Å². The number of hydrogen-bond acceptors (Lipinski definition) is 3. The average Bonchev–Trinajstić information content (AvgIpc) is 2.62. The predicted molar refractivity (Wildman–Crippen MR) is 94.8 cm³/mol. The van der Waals surface area contributed by atoms with Gasteiger partial charge in [-0.2, -0.15) is 0 Å². The second kappa shape index (κ2) is 8.62. The second-order valence-corrected chi connectivity index (χ2v) is 6.25. The van der Waals surface area contributed by atoms with Gasteiger partial charge in [0.15, 0.2) is 0 Å². The molecule has 0 heterocycles. The highest BCUT2D eigenvalue weighted by Crippen LogP contribution is 2.19. The van der Waals surface area contributed by atoms with Gasteiger partial charge in [-0.1, -0.05) is 31.2 Å². The van der Waals surface area contributed by atoms with Gasteiger partial charge in [-0.3, -0.25) is 4.79 Å². The minimum absolute atomic E-state index is 0.135. The Balaban J connectivity index is 1.91. The molecule has 3 atom stereocenters. The fraction of sp³-hybridized carbons (Fsp3) is 0.350. The molecule has 0 radical (unpaired) electrons. The molecule has 0 spiro atoms. The lowest BCUT2D eigenvalue weighted by Crippen LogP contribution is -2.40. The van der Waals surface area contributed by atoms with Crippen LogP contribution in [0, 0.1) is 11.7 Å². The maximum Gasteiger partial charge on any atom is 0.223 e. The molecular weight excluding hydrogens is 321 g/mol. The lowest BCUT2D eigenvalue weighted by Gasteiger charge is -2.22. The van der Waals surface area contributed by atoms with Crippen LogP contribution in [0.1, 0.15) is 31.1 Å². The van der Waals surface area contributed by atoms with Crippen molar-refractivity contribution in [3.63, 3.8) is 0 Å². The first kappa shape index (κ1) is 18.9. The van der Waals surface area contributed by atoms with Crippen LogP contribution in [-0.2, 0) is 11.2 Å². The highest BCUT2D eigenvalue weighted by molar-refractivity contribution is 5.79. The van der Waals surface area contributed by atoms with E-state index in [0.29, 0.717) is 12.0 Å². The van der Waals surface area contributed by atoms with Gasteiger partial charge >= 0.3 is 0 Å². The molecule has 0 aliphatic rings. The smallest absolute Gasteiger partial charge is 0.223 e. The number of amides is 1. The van der Waals surface area contributed by atoms with E-state index in [-0.39, 0.29) is 17.6 Å². The molecule has 0 fully saturated rings. The first-order valence-electron chi connectivity index (χ1n) is 8.27. The van der Waals surface area contributed by atoms with Gasteiger partial charge in [0.2, 0.25) is 5.91 Å². The van der Waals surface area contributed by atoms with Crippen molar-refractivity contribution in [2.24, 2.45) is 5.92 Å². The van der Waals surface area contributed by atoms with E-state index in [1.54, 1.807) is 14.0 Å². The number of halogens is 1. The molecule has 4 nitrogen and oxygen atoms in total. The van der Waals surface area contributed by atoms with Gasteiger partial charge in [0.1, 0.15) is 11.6 Å². The standard InChI is InChI=1S/C20H24FNO3/c1-13(12-15-4-10-18(25-3)11-5-15)20(24)22-14(2)19(23)16-6-8-17(21)9-7-16/h4-11,13-14,19,23H,12H2,1-3H3,(H,22,24). The normalized spacial score (nSPS) is 14.4. The molecule has 2 aromatic rings. The Kier molecular flexibility index (Phi) is 6.53. The average molecular weight is 345 g/mol. The number of methoxy groups -OCH3 is 1. The number of benzene rings is 2. The molecule has 3 unspecified atom stereocenters. The molecule has 0 saturated carbocycles. The van der Waals surface area contributed by atoms with Crippen molar-refractivity contribution >= 4 is 5.91 Å². The lowest BCUT2D eigenvalue weighted by molar-refractivity contribution is -0.125. The Hall–Kier alpha value is -2.40. The molecule has 0 aliphatic carbocycles. The van der Waals surface area contributed by atoms with Crippen molar-refractivity contribution in [3.8, 4) is 5.75 Å². The highest BCUT2D eigenvalue weighted by Gasteiger charge is 2.21. The SMILES string of the molecule is COc1ccc(CC(C)C(=O)NC(C)C(O)c2ccc(F)cc2)cc1. The molecule has 25 heavy (non-hydrogen) atoms. The van der Waals surface area contributed by atoms with E-state index in [1.807, 2.05) is 31.2 Å². The van der Waals surface area contributed by atoms with E-state index in [9.17, 15) is 14.3 Å². The summed E-state index contributed by atoms with van der Waals surface area (Å²) in [5.74, 6) is 0.0402. The summed E-state index contributed by atoms with van der Waals surface area (Å²) in [5.41, 5.74) is 1.60. The summed E-state index contributed by atoms with van der Waals surface area (Å²) in [6.07, 6.45) is -0.299. The summed E-state index contributed by atoms with van der Waals surface area (Å²) in [4.78, 5) is 12.4. The van der Waals surface area contributed by atoms with Crippen molar-refractivity contribution < 1.29 is 19.0 Å². The maximum atomic E-state index is 13.0. The van der Waals surface area contributed by atoms with Crippen LogP contribution in [0.5, 0.6) is 5.75 Å². The quantitative estimate of drug-likeness (QED) is 0.810. The van der Waals surface area contributed by atoms with Crippen LogP contribution >= 0.6 is 0 Å². The number of aliphatic hydroxyl groups excluding tert-OH is 1. The van der Waals surface area contributed by atoms with Gasteiger partial charge in [-0.15, -0.1) is 0 Å². The molecular formula is C20H24FNO3. The Morgan fingerprint density at radius 3 is 2.28 bits per heavy atom. The number of ether oxygens (including phenoxy) is 1. The third-order valence-corrected chi connectivity index (χ3v) is 4.20. The van der Waals surface area contributed by atoms with Crippen LogP contribution in [0.4, 0.5) is 4.39 Å². The molecule has 5 heteroatoms. The minimum atomic E-state index is -0.891. The van der Waals surface area contributed by atoms with Crippen LogP contribution in [-0.4, -0.2) is 24.2 Å². The number of rotatable bonds is 7. The number of carbonyl (C=O) groups excluding carboxylic acids is 1. The van der Waals surface area contributed by atoms with Gasteiger partial charge in [-0.25, -0.2) is 4.39 Å². The van der Waals surface area contributed by atoms with Crippen LogP contribution in [0.2, 0.25) is 0 Å². The van der Waals surface area contributed by atoms with E-state index in [2.05, 4.69) is 5.32 Å². The molecule has 2 rings (SSSR count). The van der Waals surface area contributed by atoms with E-state index in [4.69, 9.17) is 4.74 Å². The number of carbonyl (C=O) groups is 1. The van der Waals surface area contributed by atoms with Crippen LogP contribution in [0.25, 0.3) is 0 Å². The fourth-order valence-corrected chi connectivity index (χ4v) is 2.60. The van der Waals surface area contributed by atoms with Gasteiger partial charge < -0.3 is 15.2 Å². The summed E-state index contributed by atoms with van der Waals surface area (Å²) < 4.78 is 18.1. The third-order valence-electron chi connectivity index (χ3n) is 4.20.